The number of fused-ring (bicyclic) bond motifs is 1. The molecule has 8 heteroatoms. The van der Waals surface area contributed by atoms with Crippen molar-refractivity contribution in [3.63, 3.8) is 0 Å². The number of nitrogens with one attached hydrogen (secondary N) is 3. The molecular weight excluding hydrogens is 428 g/mol. The van der Waals surface area contributed by atoms with Gasteiger partial charge in [-0.05, 0) is 53.7 Å². The zero-order valence-corrected chi connectivity index (χ0v) is 18.1. The third-order valence-electron chi connectivity index (χ3n) is 5.03. The van der Waals surface area contributed by atoms with Crippen LogP contribution in [0.3, 0.4) is 0 Å². The van der Waals surface area contributed by atoms with Crippen LogP contribution < -0.4 is 11.1 Å². The molecule has 1 heterocycles. The van der Waals surface area contributed by atoms with E-state index in [1.807, 2.05) is 37.4 Å². The van der Waals surface area contributed by atoms with Crippen LogP contribution in [-0.2, 0) is 6.54 Å². The Labute approximate surface area is 188 Å². The monoisotopic (exact) mass is 449 g/mol. The van der Waals surface area contributed by atoms with E-state index in [-0.39, 0.29) is 10.2 Å². The fourth-order valence-electron chi connectivity index (χ4n) is 3.33. The van der Waals surface area contributed by atoms with Gasteiger partial charge in [0.25, 0.3) is 0 Å². The SMILES string of the molecule is CNc1ccc(CN=C(N)SC(=N)c2ccc3[nH]cc(-c4ccc(F)cc4F)c3c2)cc1. The molecular formula is C24H21F2N5S. The number of rotatable bonds is 5. The Morgan fingerprint density at radius 1 is 1.06 bits per heavy atom. The average molecular weight is 450 g/mol. The summed E-state index contributed by atoms with van der Waals surface area (Å²) in [5.74, 6) is -1.27. The molecule has 0 amide bonds. The number of halogens is 2. The van der Waals surface area contributed by atoms with E-state index in [4.69, 9.17) is 11.1 Å². The predicted octanol–water partition coefficient (Wildman–Crippen LogP) is 5.73. The minimum absolute atomic E-state index is 0.227. The van der Waals surface area contributed by atoms with Gasteiger partial charge in [-0.1, -0.05) is 18.2 Å². The molecule has 4 rings (SSSR count). The number of hydrogen-bond acceptors (Lipinski definition) is 4. The highest BCUT2D eigenvalue weighted by atomic mass is 32.2. The molecule has 1 aromatic heterocycles. The van der Waals surface area contributed by atoms with E-state index in [2.05, 4.69) is 15.3 Å². The number of aromatic nitrogens is 1. The van der Waals surface area contributed by atoms with E-state index in [1.54, 1.807) is 18.3 Å². The van der Waals surface area contributed by atoms with Crippen LogP contribution in [0.4, 0.5) is 14.5 Å². The maximum atomic E-state index is 14.3. The fraction of sp³-hybridized carbons (Fsp3) is 0.0833. The second-order valence-corrected chi connectivity index (χ2v) is 8.15. The average Bonchev–Trinajstić information content (AvgIpc) is 3.21. The van der Waals surface area contributed by atoms with Crippen molar-refractivity contribution in [2.75, 3.05) is 12.4 Å². The summed E-state index contributed by atoms with van der Waals surface area (Å²) in [4.78, 5) is 7.45. The summed E-state index contributed by atoms with van der Waals surface area (Å²) < 4.78 is 27.6. The molecule has 0 spiro atoms. The highest BCUT2D eigenvalue weighted by Crippen LogP contribution is 2.32. The quantitative estimate of drug-likeness (QED) is 0.232. The number of aliphatic imine (C=N–C) groups is 1. The van der Waals surface area contributed by atoms with Crippen LogP contribution in [-0.4, -0.2) is 22.2 Å². The van der Waals surface area contributed by atoms with Crippen LogP contribution in [0.25, 0.3) is 22.0 Å². The van der Waals surface area contributed by atoms with Gasteiger partial charge >= 0.3 is 0 Å². The smallest absolute Gasteiger partial charge is 0.160 e. The second kappa shape index (κ2) is 9.23. The van der Waals surface area contributed by atoms with Gasteiger partial charge in [-0.2, -0.15) is 0 Å². The van der Waals surface area contributed by atoms with Crippen molar-refractivity contribution in [2.45, 2.75) is 6.54 Å². The molecule has 3 aromatic carbocycles. The van der Waals surface area contributed by atoms with Gasteiger partial charge in [-0.15, -0.1) is 0 Å². The number of amidine groups is 1. The molecule has 0 aliphatic rings. The third kappa shape index (κ3) is 4.65. The summed E-state index contributed by atoms with van der Waals surface area (Å²) in [5.41, 5.74) is 10.4. The molecule has 0 aliphatic heterocycles. The Hall–Kier alpha value is -3.65. The van der Waals surface area contributed by atoms with Crippen molar-refractivity contribution < 1.29 is 8.78 Å². The van der Waals surface area contributed by atoms with E-state index in [0.29, 0.717) is 23.2 Å². The maximum absolute atomic E-state index is 14.3. The minimum Gasteiger partial charge on any atom is -0.388 e. The molecule has 0 saturated heterocycles. The van der Waals surface area contributed by atoms with Gasteiger partial charge in [0.05, 0.1) is 6.54 Å². The molecule has 5 nitrogen and oxygen atoms in total. The van der Waals surface area contributed by atoms with E-state index in [0.717, 1.165) is 40.0 Å². The Morgan fingerprint density at radius 3 is 2.56 bits per heavy atom. The van der Waals surface area contributed by atoms with E-state index in [1.165, 1.54) is 12.1 Å². The molecule has 0 saturated carbocycles. The zero-order chi connectivity index (χ0) is 22.7. The third-order valence-corrected chi connectivity index (χ3v) is 5.81. The van der Waals surface area contributed by atoms with Crippen LogP contribution in [0.5, 0.6) is 0 Å². The van der Waals surface area contributed by atoms with Gasteiger partial charge in [-0.25, -0.2) is 8.78 Å². The molecule has 0 radical (unpaired) electrons. The van der Waals surface area contributed by atoms with Crippen molar-refractivity contribution in [2.24, 2.45) is 10.7 Å². The van der Waals surface area contributed by atoms with Gasteiger partial charge in [-0.3, -0.25) is 10.4 Å². The molecule has 0 unspecified atom stereocenters. The Morgan fingerprint density at radius 2 is 1.84 bits per heavy atom. The number of thioether (sulfide) groups is 1. The lowest BCUT2D eigenvalue weighted by Gasteiger charge is -2.06. The van der Waals surface area contributed by atoms with Crippen LogP contribution in [0.2, 0.25) is 0 Å². The van der Waals surface area contributed by atoms with E-state index >= 15 is 0 Å². The summed E-state index contributed by atoms with van der Waals surface area (Å²) in [6.45, 7) is 0.418. The largest absolute Gasteiger partial charge is 0.388 e. The van der Waals surface area contributed by atoms with Crippen molar-refractivity contribution in [3.8, 4) is 11.1 Å². The summed E-state index contributed by atoms with van der Waals surface area (Å²) in [5, 5.41) is 12.7. The Bertz CT molecular complexity index is 1310. The van der Waals surface area contributed by atoms with Gasteiger partial charge < -0.3 is 16.0 Å². The highest BCUT2D eigenvalue weighted by Gasteiger charge is 2.14. The maximum Gasteiger partial charge on any atom is 0.160 e. The summed E-state index contributed by atoms with van der Waals surface area (Å²) >= 11 is 1.06. The van der Waals surface area contributed by atoms with Gasteiger partial charge in [0.15, 0.2) is 5.17 Å². The minimum atomic E-state index is -0.639. The van der Waals surface area contributed by atoms with E-state index < -0.39 is 11.6 Å². The number of H-pyrrole nitrogens is 1. The Balaban J connectivity index is 1.53. The van der Waals surface area contributed by atoms with Crippen molar-refractivity contribution in [1.82, 2.24) is 4.98 Å². The topological polar surface area (TPSA) is 90.0 Å². The number of nitrogens with two attached hydrogens (primary N) is 1. The summed E-state index contributed by atoms with van der Waals surface area (Å²) in [6.07, 6.45) is 1.68. The number of nitrogens with zero attached hydrogens (tertiary/aromatic N) is 1. The highest BCUT2D eigenvalue weighted by molar-refractivity contribution is 8.26. The first kappa shape index (κ1) is 21.6. The molecule has 0 aliphatic carbocycles. The van der Waals surface area contributed by atoms with Crippen LogP contribution in [0.1, 0.15) is 11.1 Å². The number of aromatic amines is 1. The number of anilines is 1. The molecule has 0 fully saturated rings. The van der Waals surface area contributed by atoms with Crippen LogP contribution >= 0.6 is 11.8 Å². The lowest BCUT2D eigenvalue weighted by molar-refractivity contribution is 0.585. The zero-order valence-electron chi connectivity index (χ0n) is 17.2. The van der Waals surface area contributed by atoms with Gasteiger partial charge in [0.1, 0.15) is 16.7 Å². The first-order valence-corrected chi connectivity index (χ1v) is 10.7. The molecule has 0 bridgehead atoms. The molecule has 4 aromatic rings. The van der Waals surface area contributed by atoms with Gasteiger partial charge in [0, 0.05) is 52.6 Å². The normalized spacial score (nSPS) is 11.7. The molecule has 32 heavy (non-hydrogen) atoms. The lowest BCUT2D eigenvalue weighted by atomic mass is 10.0. The first-order chi connectivity index (χ1) is 15.4. The van der Waals surface area contributed by atoms with Crippen molar-refractivity contribution in [1.29, 1.82) is 5.41 Å². The van der Waals surface area contributed by atoms with Gasteiger partial charge in [0.2, 0.25) is 0 Å². The van der Waals surface area contributed by atoms with Crippen molar-refractivity contribution >= 4 is 38.6 Å². The summed E-state index contributed by atoms with van der Waals surface area (Å²) in [7, 11) is 1.86. The molecule has 0 atom stereocenters. The van der Waals surface area contributed by atoms with Crippen molar-refractivity contribution in [3.05, 3.63) is 89.6 Å². The summed E-state index contributed by atoms with van der Waals surface area (Å²) in [6, 6.07) is 16.8. The predicted molar refractivity (Wildman–Crippen MR) is 129 cm³/mol. The van der Waals surface area contributed by atoms with Crippen LogP contribution in [0.15, 0.2) is 71.9 Å². The Kier molecular flexibility index (Phi) is 6.23. The fourth-order valence-corrected chi connectivity index (χ4v) is 3.92. The second-order valence-electron chi connectivity index (χ2n) is 7.12. The lowest BCUT2D eigenvalue weighted by Crippen LogP contribution is -2.11. The van der Waals surface area contributed by atoms with Crippen LogP contribution in [0, 0.1) is 17.0 Å². The molecule has 5 N–H and O–H groups in total. The molecule has 162 valence electrons. The standard InChI is InChI=1S/C24H21F2N5S/c1-29-17-6-2-14(3-7-17)12-31-24(28)32-23(27)15-4-9-22-19(10-15)20(13-30-22)18-8-5-16(25)11-21(18)26/h2-11,13,27,29-30H,12H2,1H3,(H2,28,31). The number of hydrogen-bond donors (Lipinski definition) is 4. The first-order valence-electron chi connectivity index (χ1n) is 9.84. The number of benzene rings is 3. The van der Waals surface area contributed by atoms with E-state index in [9.17, 15) is 8.78 Å².